The first-order chi connectivity index (χ1) is 11.4. The molecule has 6 heteroatoms. The van der Waals surface area contributed by atoms with Crippen molar-refractivity contribution in [2.45, 2.75) is 20.0 Å². The fraction of sp³-hybridized carbons (Fsp3) is 0.167. The highest BCUT2D eigenvalue weighted by atomic mass is 16.5. The zero-order chi connectivity index (χ0) is 17.7. The number of nitrogens with zero attached hydrogens (tertiary/aromatic N) is 1. The molecule has 0 spiro atoms. The molecule has 0 fully saturated rings. The molecule has 1 amide bonds. The molecule has 2 N–H and O–H groups in total. The second kappa shape index (κ2) is 7.29. The molecule has 0 heterocycles. The number of anilines is 1. The number of hydrogen-bond donors (Lipinski definition) is 2. The van der Waals surface area contributed by atoms with Gasteiger partial charge in [-0.05, 0) is 37.6 Å². The molecule has 2 aromatic carbocycles. The predicted molar refractivity (Wildman–Crippen MR) is 87.5 cm³/mol. The normalized spacial score (nSPS) is 11.2. The van der Waals surface area contributed by atoms with Crippen molar-refractivity contribution in [2.24, 2.45) is 0 Å². The number of phenolic OH excluding ortho intramolecular Hbond substituents is 1. The number of aromatic hydroxyl groups is 1. The first kappa shape index (κ1) is 17.0. The number of amides is 1. The Hall–Kier alpha value is -3.33. The maximum Gasteiger partial charge on any atom is 0.342 e. The van der Waals surface area contributed by atoms with E-state index in [1.165, 1.54) is 13.0 Å². The van der Waals surface area contributed by atoms with Crippen LogP contribution in [0.25, 0.3) is 0 Å². The summed E-state index contributed by atoms with van der Waals surface area (Å²) in [6, 6.07) is 13.2. The van der Waals surface area contributed by atoms with Gasteiger partial charge in [0.1, 0.15) is 17.4 Å². The lowest BCUT2D eigenvalue weighted by Crippen LogP contribution is -2.30. The third-order valence-electron chi connectivity index (χ3n) is 3.42. The SMILES string of the molecule is Cc1cccc(C(=O)O[C@H](C)C(=O)Nc2ccccc2C#N)c1O. The van der Waals surface area contributed by atoms with Crippen LogP contribution in [0.5, 0.6) is 5.75 Å². The molecular formula is C18H16N2O4. The predicted octanol–water partition coefficient (Wildman–Crippen LogP) is 2.76. The minimum atomic E-state index is -1.09. The molecule has 0 saturated carbocycles. The first-order valence-electron chi connectivity index (χ1n) is 7.23. The van der Waals surface area contributed by atoms with E-state index < -0.39 is 18.0 Å². The Labute approximate surface area is 139 Å². The minimum absolute atomic E-state index is 0.00734. The van der Waals surface area contributed by atoms with E-state index in [-0.39, 0.29) is 11.3 Å². The number of ether oxygens (including phenoxy) is 1. The van der Waals surface area contributed by atoms with E-state index in [9.17, 15) is 14.7 Å². The van der Waals surface area contributed by atoms with Gasteiger partial charge >= 0.3 is 5.97 Å². The Morgan fingerprint density at radius 1 is 1.21 bits per heavy atom. The average Bonchev–Trinajstić information content (AvgIpc) is 2.57. The summed E-state index contributed by atoms with van der Waals surface area (Å²) >= 11 is 0. The molecule has 2 rings (SSSR count). The smallest absolute Gasteiger partial charge is 0.342 e. The molecule has 0 aromatic heterocycles. The monoisotopic (exact) mass is 324 g/mol. The summed E-state index contributed by atoms with van der Waals surface area (Å²) in [7, 11) is 0. The summed E-state index contributed by atoms with van der Waals surface area (Å²) in [5.74, 6) is -1.55. The van der Waals surface area contributed by atoms with E-state index >= 15 is 0 Å². The number of carbonyl (C=O) groups excluding carboxylic acids is 2. The Morgan fingerprint density at radius 2 is 1.92 bits per heavy atom. The van der Waals surface area contributed by atoms with Gasteiger partial charge in [-0.1, -0.05) is 24.3 Å². The minimum Gasteiger partial charge on any atom is -0.507 e. The largest absolute Gasteiger partial charge is 0.507 e. The van der Waals surface area contributed by atoms with Gasteiger partial charge in [0.15, 0.2) is 6.10 Å². The Bertz CT molecular complexity index is 824. The van der Waals surface area contributed by atoms with Gasteiger partial charge < -0.3 is 15.2 Å². The van der Waals surface area contributed by atoms with E-state index in [2.05, 4.69) is 5.32 Å². The molecular weight excluding hydrogens is 308 g/mol. The zero-order valence-corrected chi connectivity index (χ0v) is 13.2. The second-order valence-corrected chi connectivity index (χ2v) is 5.17. The number of nitriles is 1. The van der Waals surface area contributed by atoms with Crippen molar-refractivity contribution >= 4 is 17.6 Å². The quantitative estimate of drug-likeness (QED) is 0.842. The molecule has 6 nitrogen and oxygen atoms in total. The highest BCUT2D eigenvalue weighted by Gasteiger charge is 2.22. The van der Waals surface area contributed by atoms with Crippen LogP contribution in [0, 0.1) is 18.3 Å². The number of rotatable bonds is 4. The summed E-state index contributed by atoms with van der Waals surface area (Å²) in [5.41, 5.74) is 1.17. The van der Waals surface area contributed by atoms with Crippen LogP contribution < -0.4 is 5.32 Å². The fourth-order valence-electron chi connectivity index (χ4n) is 2.03. The van der Waals surface area contributed by atoms with E-state index in [1.807, 2.05) is 6.07 Å². The van der Waals surface area contributed by atoms with Crippen molar-refractivity contribution < 1.29 is 19.4 Å². The van der Waals surface area contributed by atoms with Gasteiger partial charge in [-0.25, -0.2) is 4.79 Å². The number of carbonyl (C=O) groups is 2. The molecule has 0 aliphatic carbocycles. The molecule has 122 valence electrons. The average molecular weight is 324 g/mol. The second-order valence-electron chi connectivity index (χ2n) is 5.17. The number of para-hydroxylation sites is 2. The topological polar surface area (TPSA) is 99.4 Å². The third-order valence-corrected chi connectivity index (χ3v) is 3.42. The molecule has 2 aromatic rings. The highest BCUT2D eigenvalue weighted by molar-refractivity contribution is 5.99. The van der Waals surface area contributed by atoms with Crippen LogP contribution in [0.1, 0.15) is 28.4 Å². The zero-order valence-electron chi connectivity index (χ0n) is 13.2. The molecule has 0 radical (unpaired) electrons. The van der Waals surface area contributed by atoms with Crippen LogP contribution in [-0.4, -0.2) is 23.1 Å². The van der Waals surface area contributed by atoms with Gasteiger partial charge in [0, 0.05) is 0 Å². The first-order valence-corrected chi connectivity index (χ1v) is 7.23. The van der Waals surface area contributed by atoms with Gasteiger partial charge in [-0.3, -0.25) is 4.79 Å². The lowest BCUT2D eigenvalue weighted by molar-refractivity contribution is -0.123. The molecule has 0 aliphatic rings. The Morgan fingerprint density at radius 3 is 2.62 bits per heavy atom. The maximum atomic E-state index is 12.1. The van der Waals surface area contributed by atoms with E-state index in [1.54, 1.807) is 43.3 Å². The summed E-state index contributed by atoms with van der Waals surface area (Å²) < 4.78 is 5.09. The van der Waals surface area contributed by atoms with Crippen LogP contribution in [0.4, 0.5) is 5.69 Å². The molecule has 24 heavy (non-hydrogen) atoms. The molecule has 1 atom stereocenters. The standard InChI is InChI=1S/C18H16N2O4/c1-11-6-5-8-14(16(11)21)18(23)24-12(2)17(22)20-15-9-4-3-7-13(15)10-19/h3-9,12,21H,1-2H3,(H,20,22)/t12-/m1/s1. The van der Waals surface area contributed by atoms with Gasteiger partial charge in [0.05, 0.1) is 11.3 Å². The molecule has 0 unspecified atom stereocenters. The Kier molecular flexibility index (Phi) is 5.17. The summed E-state index contributed by atoms with van der Waals surface area (Å²) in [5, 5.41) is 21.4. The number of aryl methyl sites for hydroxylation is 1. The molecule has 0 saturated heterocycles. The van der Waals surface area contributed by atoms with Crippen molar-refractivity contribution in [3.63, 3.8) is 0 Å². The van der Waals surface area contributed by atoms with Crippen LogP contribution in [0.15, 0.2) is 42.5 Å². The Balaban J connectivity index is 2.08. The van der Waals surface area contributed by atoms with Gasteiger partial charge in [0.25, 0.3) is 5.91 Å². The molecule has 0 bridgehead atoms. The number of nitrogens with one attached hydrogen (secondary N) is 1. The summed E-state index contributed by atoms with van der Waals surface area (Å²) in [4.78, 5) is 24.2. The fourth-order valence-corrected chi connectivity index (χ4v) is 2.03. The maximum absolute atomic E-state index is 12.1. The van der Waals surface area contributed by atoms with Crippen LogP contribution in [0.2, 0.25) is 0 Å². The lowest BCUT2D eigenvalue weighted by atomic mass is 10.1. The lowest BCUT2D eigenvalue weighted by Gasteiger charge is -2.15. The van der Waals surface area contributed by atoms with E-state index in [0.717, 1.165) is 0 Å². The third kappa shape index (κ3) is 3.70. The van der Waals surface area contributed by atoms with Crippen molar-refractivity contribution in [1.82, 2.24) is 0 Å². The van der Waals surface area contributed by atoms with Crippen molar-refractivity contribution in [1.29, 1.82) is 5.26 Å². The van der Waals surface area contributed by atoms with Crippen molar-refractivity contribution in [3.8, 4) is 11.8 Å². The number of benzene rings is 2. The summed E-state index contributed by atoms with van der Waals surface area (Å²) in [6.45, 7) is 3.07. The van der Waals surface area contributed by atoms with Gasteiger partial charge in [-0.2, -0.15) is 5.26 Å². The van der Waals surface area contributed by atoms with Crippen LogP contribution >= 0.6 is 0 Å². The van der Waals surface area contributed by atoms with E-state index in [0.29, 0.717) is 16.8 Å². The molecule has 0 aliphatic heterocycles. The van der Waals surface area contributed by atoms with Gasteiger partial charge in [0.2, 0.25) is 0 Å². The van der Waals surface area contributed by atoms with Crippen molar-refractivity contribution in [2.75, 3.05) is 5.32 Å². The number of hydrogen-bond acceptors (Lipinski definition) is 5. The van der Waals surface area contributed by atoms with Crippen LogP contribution in [-0.2, 0) is 9.53 Å². The van der Waals surface area contributed by atoms with Crippen LogP contribution in [0.3, 0.4) is 0 Å². The number of esters is 1. The highest BCUT2D eigenvalue weighted by Crippen LogP contribution is 2.22. The van der Waals surface area contributed by atoms with Gasteiger partial charge in [-0.15, -0.1) is 0 Å². The number of phenols is 1. The summed E-state index contributed by atoms with van der Waals surface area (Å²) in [6.07, 6.45) is -1.09. The van der Waals surface area contributed by atoms with E-state index in [4.69, 9.17) is 10.00 Å². The van der Waals surface area contributed by atoms with Crippen molar-refractivity contribution in [3.05, 3.63) is 59.2 Å².